The molecule has 0 aliphatic heterocycles. The summed E-state index contributed by atoms with van der Waals surface area (Å²) in [6.45, 7) is 7.76. The minimum atomic E-state index is 0.352. The molecule has 0 spiro atoms. The van der Waals surface area contributed by atoms with Gasteiger partial charge < -0.3 is 10.1 Å². The highest BCUT2D eigenvalue weighted by Crippen LogP contribution is 2.49. The Morgan fingerprint density at radius 3 is 2.68 bits per heavy atom. The van der Waals surface area contributed by atoms with Crippen LogP contribution in [0.3, 0.4) is 0 Å². The largest absolute Gasteiger partial charge is 0.496 e. The van der Waals surface area contributed by atoms with Crippen LogP contribution in [0.15, 0.2) is 18.2 Å². The molecule has 0 aromatic heterocycles. The van der Waals surface area contributed by atoms with Crippen LogP contribution in [0.1, 0.15) is 56.7 Å². The Balaban J connectivity index is 1.98. The highest BCUT2D eigenvalue weighted by atomic mass is 16.5. The van der Waals surface area contributed by atoms with Crippen LogP contribution in [0.25, 0.3) is 0 Å². The molecule has 19 heavy (non-hydrogen) atoms. The molecule has 1 atom stereocenters. The van der Waals surface area contributed by atoms with Crippen molar-refractivity contribution in [3.63, 3.8) is 0 Å². The monoisotopic (exact) mass is 261 g/mol. The standard InChI is InChI=1S/C17H27NO/c1-5-8-17(9-10-17)12-18-14(3)15-7-6-13(2)11-16(15)19-4/h6-7,11,14,18H,5,8-10,12H2,1-4H3. The fraction of sp³-hybridized carbons (Fsp3) is 0.647. The molecule has 1 aromatic carbocycles. The normalized spacial score (nSPS) is 18.1. The van der Waals surface area contributed by atoms with E-state index in [1.807, 2.05) is 0 Å². The summed E-state index contributed by atoms with van der Waals surface area (Å²) in [5.41, 5.74) is 3.11. The first-order chi connectivity index (χ1) is 9.10. The van der Waals surface area contributed by atoms with Gasteiger partial charge >= 0.3 is 0 Å². The van der Waals surface area contributed by atoms with E-state index in [0.717, 1.165) is 12.3 Å². The lowest BCUT2D eigenvalue weighted by Crippen LogP contribution is -2.27. The molecule has 1 unspecified atom stereocenters. The van der Waals surface area contributed by atoms with Gasteiger partial charge in [-0.1, -0.05) is 25.5 Å². The molecule has 2 nitrogen and oxygen atoms in total. The first-order valence-electron chi connectivity index (χ1n) is 7.48. The molecule has 1 fully saturated rings. The van der Waals surface area contributed by atoms with Gasteiger partial charge in [0.15, 0.2) is 0 Å². The summed E-state index contributed by atoms with van der Waals surface area (Å²) in [4.78, 5) is 0. The summed E-state index contributed by atoms with van der Waals surface area (Å²) in [5, 5.41) is 3.70. The van der Waals surface area contributed by atoms with E-state index in [-0.39, 0.29) is 0 Å². The maximum Gasteiger partial charge on any atom is 0.123 e. The second kappa shape index (κ2) is 5.96. The first kappa shape index (κ1) is 14.4. The molecule has 1 aliphatic rings. The molecule has 0 heterocycles. The molecule has 1 aromatic rings. The first-order valence-corrected chi connectivity index (χ1v) is 7.48. The van der Waals surface area contributed by atoms with Crippen LogP contribution in [-0.4, -0.2) is 13.7 Å². The molecule has 0 amide bonds. The lowest BCUT2D eigenvalue weighted by molar-refractivity contribution is 0.378. The number of benzene rings is 1. The maximum absolute atomic E-state index is 5.50. The van der Waals surface area contributed by atoms with Crippen molar-refractivity contribution in [2.75, 3.05) is 13.7 Å². The Hall–Kier alpha value is -1.02. The maximum atomic E-state index is 5.50. The van der Waals surface area contributed by atoms with Gasteiger partial charge in [0.2, 0.25) is 0 Å². The van der Waals surface area contributed by atoms with Crippen LogP contribution in [0.4, 0.5) is 0 Å². The third-order valence-corrected chi connectivity index (χ3v) is 4.38. The van der Waals surface area contributed by atoms with Crippen LogP contribution >= 0.6 is 0 Å². The van der Waals surface area contributed by atoms with Crippen LogP contribution < -0.4 is 10.1 Å². The molecule has 106 valence electrons. The second-order valence-electron chi connectivity index (χ2n) is 6.10. The van der Waals surface area contributed by atoms with Crippen molar-refractivity contribution in [3.8, 4) is 5.75 Å². The fourth-order valence-electron chi connectivity index (χ4n) is 2.88. The van der Waals surface area contributed by atoms with E-state index in [1.54, 1.807) is 7.11 Å². The van der Waals surface area contributed by atoms with E-state index >= 15 is 0 Å². The summed E-state index contributed by atoms with van der Waals surface area (Å²) in [7, 11) is 1.75. The Morgan fingerprint density at radius 2 is 2.11 bits per heavy atom. The molecule has 1 aliphatic carbocycles. The lowest BCUT2D eigenvalue weighted by atomic mass is 9.99. The van der Waals surface area contributed by atoms with Gasteiger partial charge in [-0.15, -0.1) is 0 Å². The summed E-state index contributed by atoms with van der Waals surface area (Å²) in [6, 6.07) is 6.82. The predicted octanol–water partition coefficient (Wildman–Crippen LogP) is 4.23. The third kappa shape index (κ3) is 3.50. The van der Waals surface area contributed by atoms with Gasteiger partial charge in [-0.2, -0.15) is 0 Å². The zero-order chi connectivity index (χ0) is 13.9. The Kier molecular flexibility index (Phi) is 4.51. The Morgan fingerprint density at radius 1 is 1.37 bits per heavy atom. The van der Waals surface area contributed by atoms with Crippen LogP contribution in [0.2, 0.25) is 0 Å². The van der Waals surface area contributed by atoms with E-state index < -0.39 is 0 Å². The minimum Gasteiger partial charge on any atom is -0.496 e. The van der Waals surface area contributed by atoms with Gasteiger partial charge in [0.25, 0.3) is 0 Å². The topological polar surface area (TPSA) is 21.3 Å². The number of ether oxygens (including phenoxy) is 1. The van der Waals surface area contributed by atoms with Crippen molar-refractivity contribution in [3.05, 3.63) is 29.3 Å². The van der Waals surface area contributed by atoms with Crippen molar-refractivity contribution in [2.45, 2.75) is 52.5 Å². The molecular formula is C17H27NO. The van der Waals surface area contributed by atoms with Gasteiger partial charge in [0.1, 0.15) is 5.75 Å². The molecule has 0 radical (unpaired) electrons. The zero-order valence-corrected chi connectivity index (χ0v) is 12.8. The quantitative estimate of drug-likeness (QED) is 0.793. The summed E-state index contributed by atoms with van der Waals surface area (Å²) >= 11 is 0. The number of nitrogens with one attached hydrogen (secondary N) is 1. The SMILES string of the molecule is CCCC1(CNC(C)c2ccc(C)cc2OC)CC1. The molecule has 2 rings (SSSR count). The number of aryl methyl sites for hydroxylation is 1. The van der Waals surface area contributed by atoms with Crippen LogP contribution in [0.5, 0.6) is 5.75 Å². The molecule has 2 heteroatoms. The second-order valence-corrected chi connectivity index (χ2v) is 6.10. The van der Waals surface area contributed by atoms with E-state index in [0.29, 0.717) is 11.5 Å². The predicted molar refractivity (Wildman–Crippen MR) is 80.7 cm³/mol. The van der Waals surface area contributed by atoms with Crippen molar-refractivity contribution in [2.24, 2.45) is 5.41 Å². The third-order valence-electron chi connectivity index (χ3n) is 4.38. The summed E-state index contributed by atoms with van der Waals surface area (Å²) in [6.07, 6.45) is 5.44. The van der Waals surface area contributed by atoms with Crippen molar-refractivity contribution in [1.29, 1.82) is 0 Å². The van der Waals surface area contributed by atoms with Gasteiger partial charge in [-0.3, -0.25) is 0 Å². The summed E-state index contributed by atoms with van der Waals surface area (Å²) in [5.74, 6) is 1.00. The highest BCUT2D eigenvalue weighted by Gasteiger charge is 2.41. The molecule has 0 bridgehead atoms. The highest BCUT2D eigenvalue weighted by molar-refractivity contribution is 5.39. The molecular weight excluding hydrogens is 234 g/mol. The summed E-state index contributed by atoms with van der Waals surface area (Å²) < 4.78 is 5.50. The minimum absolute atomic E-state index is 0.352. The Labute approximate surface area is 117 Å². The van der Waals surface area contributed by atoms with E-state index in [2.05, 4.69) is 44.3 Å². The lowest BCUT2D eigenvalue weighted by Gasteiger charge is -2.21. The van der Waals surface area contributed by atoms with Gasteiger partial charge in [-0.25, -0.2) is 0 Å². The van der Waals surface area contributed by atoms with Crippen molar-refractivity contribution < 1.29 is 4.74 Å². The number of methoxy groups -OCH3 is 1. The number of hydrogen-bond donors (Lipinski definition) is 1. The average molecular weight is 261 g/mol. The fourth-order valence-corrected chi connectivity index (χ4v) is 2.88. The molecule has 1 saturated carbocycles. The van der Waals surface area contributed by atoms with Crippen molar-refractivity contribution in [1.82, 2.24) is 5.32 Å². The Bertz CT molecular complexity index is 423. The number of rotatable bonds is 7. The number of hydrogen-bond acceptors (Lipinski definition) is 2. The van der Waals surface area contributed by atoms with Gasteiger partial charge in [0, 0.05) is 18.2 Å². The molecule has 0 saturated heterocycles. The van der Waals surface area contributed by atoms with Crippen LogP contribution in [-0.2, 0) is 0 Å². The van der Waals surface area contributed by atoms with Crippen molar-refractivity contribution >= 4 is 0 Å². The molecule has 1 N–H and O–H groups in total. The van der Waals surface area contributed by atoms with Gasteiger partial charge in [0.05, 0.1) is 7.11 Å². The van der Waals surface area contributed by atoms with E-state index in [1.165, 1.54) is 36.8 Å². The zero-order valence-electron chi connectivity index (χ0n) is 12.8. The van der Waals surface area contributed by atoms with E-state index in [9.17, 15) is 0 Å². The smallest absolute Gasteiger partial charge is 0.123 e. The van der Waals surface area contributed by atoms with E-state index in [4.69, 9.17) is 4.74 Å². The van der Waals surface area contributed by atoms with Gasteiger partial charge in [-0.05, 0) is 50.2 Å². The van der Waals surface area contributed by atoms with Crippen LogP contribution in [0, 0.1) is 12.3 Å². The average Bonchev–Trinajstić information content (AvgIpc) is 3.16.